The van der Waals surface area contributed by atoms with Gasteiger partial charge in [-0.1, -0.05) is 0 Å². The molecule has 0 unspecified atom stereocenters. The van der Waals surface area contributed by atoms with E-state index < -0.39 is 20.6 Å². The normalized spacial score (nSPS) is 11.5. The van der Waals surface area contributed by atoms with Crippen molar-refractivity contribution >= 4 is 19.7 Å². The molecule has 1 aromatic carbocycles. The van der Waals surface area contributed by atoms with Crippen LogP contribution >= 0.6 is 10.7 Å². The Labute approximate surface area is 79.2 Å². The van der Waals surface area contributed by atoms with Crippen LogP contribution in [0.15, 0.2) is 18.2 Å². The molecule has 0 heterocycles. The number of hydrogen-bond acceptors (Lipinski definition) is 3. The van der Waals surface area contributed by atoms with Crippen molar-refractivity contribution in [1.82, 2.24) is 0 Å². The second-order valence-corrected chi connectivity index (χ2v) is 5.24. The summed E-state index contributed by atoms with van der Waals surface area (Å²) in [6.07, 6.45) is 0. The van der Waals surface area contributed by atoms with Crippen molar-refractivity contribution in [3.05, 3.63) is 29.6 Å². The molecule has 0 atom stereocenters. The summed E-state index contributed by atoms with van der Waals surface area (Å²) in [5.74, 6) is -1.53. The van der Waals surface area contributed by atoms with Crippen LogP contribution in [0.25, 0.3) is 0 Å². The number of halogens is 2. The van der Waals surface area contributed by atoms with Gasteiger partial charge in [0.15, 0.2) is 0 Å². The van der Waals surface area contributed by atoms with Gasteiger partial charge in [-0.25, -0.2) is 12.8 Å². The van der Waals surface area contributed by atoms with Gasteiger partial charge in [-0.15, -0.1) is 0 Å². The van der Waals surface area contributed by atoms with Gasteiger partial charge in [0, 0.05) is 16.2 Å². The van der Waals surface area contributed by atoms with Gasteiger partial charge in [0.05, 0.1) is 5.75 Å². The lowest BCUT2D eigenvalue weighted by Gasteiger charge is -2.00. The molecule has 0 amide bonds. The maximum atomic E-state index is 12.9. The van der Waals surface area contributed by atoms with E-state index >= 15 is 0 Å². The molecule has 0 aromatic heterocycles. The van der Waals surface area contributed by atoms with E-state index in [9.17, 15) is 12.8 Å². The smallest absolute Gasteiger partial charge is 0.236 e. The Hall–Kier alpha value is -0.810. The molecule has 0 saturated carbocycles. The molecule has 3 nitrogen and oxygen atoms in total. The lowest BCUT2D eigenvalue weighted by atomic mass is 10.2. The lowest BCUT2D eigenvalue weighted by Crippen LogP contribution is -1.97. The average molecular weight is 225 g/mol. The van der Waals surface area contributed by atoms with Gasteiger partial charge in [0.1, 0.15) is 11.6 Å². The van der Waals surface area contributed by atoms with Crippen LogP contribution in [-0.4, -0.2) is 13.5 Å². The predicted octanol–water partition coefficient (Wildman–Crippen LogP) is 1.60. The summed E-state index contributed by atoms with van der Waals surface area (Å²) in [7, 11) is 1.12. The molecule has 0 saturated heterocycles. The standard InChI is InChI=1S/C7H6ClFO3S/c8-13(11,12)4-5-3-6(10)1-2-7(5)9/h1-3,10H,4H2. The maximum absolute atomic E-state index is 12.9. The van der Waals surface area contributed by atoms with Crippen molar-refractivity contribution in [2.45, 2.75) is 5.75 Å². The van der Waals surface area contributed by atoms with Crippen LogP contribution in [0.5, 0.6) is 5.75 Å². The van der Waals surface area contributed by atoms with Crippen molar-refractivity contribution in [2.75, 3.05) is 0 Å². The van der Waals surface area contributed by atoms with Gasteiger partial charge in [-0.3, -0.25) is 0 Å². The molecule has 0 spiro atoms. The molecule has 6 heteroatoms. The Kier molecular flexibility index (Phi) is 2.77. The first-order valence-corrected chi connectivity index (χ1v) is 5.76. The molecular weight excluding hydrogens is 219 g/mol. The number of hydrogen-bond donors (Lipinski definition) is 1. The molecular formula is C7H6ClFO3S. The third-order valence-corrected chi connectivity index (χ3v) is 2.34. The van der Waals surface area contributed by atoms with Crippen molar-refractivity contribution in [3.8, 4) is 5.75 Å². The maximum Gasteiger partial charge on any atom is 0.236 e. The van der Waals surface area contributed by atoms with Crippen LogP contribution < -0.4 is 0 Å². The summed E-state index contributed by atoms with van der Waals surface area (Å²) in [6, 6.07) is 3.13. The number of rotatable bonds is 2. The third-order valence-electron chi connectivity index (χ3n) is 1.36. The highest BCUT2D eigenvalue weighted by molar-refractivity contribution is 8.13. The SMILES string of the molecule is O=S(=O)(Cl)Cc1cc(O)ccc1F. The fourth-order valence-electron chi connectivity index (χ4n) is 0.858. The largest absolute Gasteiger partial charge is 0.508 e. The number of benzene rings is 1. The molecule has 0 aliphatic rings. The topological polar surface area (TPSA) is 54.4 Å². The molecule has 1 rings (SSSR count). The molecule has 1 N–H and O–H groups in total. The highest BCUT2D eigenvalue weighted by Crippen LogP contribution is 2.18. The minimum absolute atomic E-state index is 0.144. The molecule has 0 radical (unpaired) electrons. The summed E-state index contributed by atoms with van der Waals surface area (Å²) in [5.41, 5.74) is -0.144. The summed E-state index contributed by atoms with van der Waals surface area (Å²) < 4.78 is 34.0. The molecule has 72 valence electrons. The van der Waals surface area contributed by atoms with E-state index in [2.05, 4.69) is 0 Å². The van der Waals surface area contributed by atoms with Gasteiger partial charge in [0.25, 0.3) is 0 Å². The highest BCUT2D eigenvalue weighted by Gasteiger charge is 2.11. The zero-order valence-electron chi connectivity index (χ0n) is 6.37. The first kappa shape index (κ1) is 10.3. The van der Waals surface area contributed by atoms with Gasteiger partial charge >= 0.3 is 0 Å². The fraction of sp³-hybridized carbons (Fsp3) is 0.143. The van der Waals surface area contributed by atoms with Crippen molar-refractivity contribution in [1.29, 1.82) is 0 Å². The predicted molar refractivity (Wildman–Crippen MR) is 46.5 cm³/mol. The zero-order chi connectivity index (χ0) is 10.1. The van der Waals surface area contributed by atoms with E-state index in [1.807, 2.05) is 0 Å². The highest BCUT2D eigenvalue weighted by atomic mass is 35.7. The summed E-state index contributed by atoms with van der Waals surface area (Å²) in [6.45, 7) is 0. The van der Waals surface area contributed by atoms with E-state index in [0.717, 1.165) is 18.2 Å². The Morgan fingerprint density at radius 1 is 1.46 bits per heavy atom. The first-order valence-electron chi connectivity index (χ1n) is 3.28. The van der Waals surface area contributed by atoms with E-state index in [0.29, 0.717) is 0 Å². The summed E-state index contributed by atoms with van der Waals surface area (Å²) in [4.78, 5) is 0. The number of phenols is 1. The van der Waals surface area contributed by atoms with Gasteiger partial charge in [-0.05, 0) is 18.2 Å². The van der Waals surface area contributed by atoms with E-state index in [4.69, 9.17) is 15.8 Å². The monoisotopic (exact) mass is 224 g/mol. The van der Waals surface area contributed by atoms with Crippen LogP contribution in [0.1, 0.15) is 5.56 Å². The first-order chi connectivity index (χ1) is 5.88. The van der Waals surface area contributed by atoms with Crippen molar-refractivity contribution < 1.29 is 17.9 Å². The molecule has 13 heavy (non-hydrogen) atoms. The van der Waals surface area contributed by atoms with E-state index in [1.165, 1.54) is 0 Å². The van der Waals surface area contributed by atoms with Crippen LogP contribution in [0.2, 0.25) is 0 Å². The Morgan fingerprint density at radius 2 is 2.08 bits per heavy atom. The molecule has 0 bridgehead atoms. The van der Waals surface area contributed by atoms with Gasteiger partial charge in [0.2, 0.25) is 9.05 Å². The molecule has 0 aliphatic heterocycles. The van der Waals surface area contributed by atoms with Crippen molar-refractivity contribution in [3.63, 3.8) is 0 Å². The van der Waals surface area contributed by atoms with Crippen LogP contribution in [0, 0.1) is 5.82 Å². The van der Waals surface area contributed by atoms with Crippen LogP contribution in [0.3, 0.4) is 0 Å². The van der Waals surface area contributed by atoms with E-state index in [1.54, 1.807) is 0 Å². The van der Waals surface area contributed by atoms with Crippen LogP contribution in [0.4, 0.5) is 4.39 Å². The molecule has 1 aromatic rings. The van der Waals surface area contributed by atoms with Crippen molar-refractivity contribution in [2.24, 2.45) is 0 Å². The molecule has 0 fully saturated rings. The zero-order valence-corrected chi connectivity index (χ0v) is 7.94. The second kappa shape index (κ2) is 3.51. The minimum atomic E-state index is -3.80. The van der Waals surface area contributed by atoms with Gasteiger partial charge < -0.3 is 5.11 Å². The Morgan fingerprint density at radius 3 is 2.62 bits per heavy atom. The Bertz CT molecular complexity index is 416. The minimum Gasteiger partial charge on any atom is -0.508 e. The second-order valence-electron chi connectivity index (χ2n) is 2.46. The Balaban J connectivity index is 3.08. The fourth-order valence-corrected chi connectivity index (χ4v) is 1.80. The summed E-state index contributed by atoms with van der Waals surface area (Å²) in [5, 5.41) is 8.93. The quantitative estimate of drug-likeness (QED) is 0.777. The average Bonchev–Trinajstić information content (AvgIpc) is 1.94. The summed E-state index contributed by atoms with van der Waals surface area (Å²) >= 11 is 0. The molecule has 0 aliphatic carbocycles. The van der Waals surface area contributed by atoms with Crippen LogP contribution in [-0.2, 0) is 14.8 Å². The van der Waals surface area contributed by atoms with Gasteiger partial charge in [-0.2, -0.15) is 0 Å². The van der Waals surface area contributed by atoms with E-state index in [-0.39, 0.29) is 11.3 Å². The number of phenolic OH excluding ortho intramolecular Hbond substituents is 1. The number of aromatic hydroxyl groups is 1. The lowest BCUT2D eigenvalue weighted by molar-refractivity contribution is 0.472. The third kappa shape index (κ3) is 3.20.